The van der Waals surface area contributed by atoms with E-state index in [0.717, 1.165) is 17.9 Å². The molecule has 2 aliphatic heterocycles. The lowest BCUT2D eigenvalue weighted by Gasteiger charge is -2.14. The minimum atomic E-state index is 1.04. The van der Waals surface area contributed by atoms with E-state index in [-0.39, 0.29) is 0 Å². The molecule has 2 nitrogen and oxygen atoms in total. The lowest BCUT2D eigenvalue weighted by Crippen LogP contribution is -2.12. The van der Waals surface area contributed by atoms with Crippen LogP contribution in [0.3, 0.4) is 0 Å². The molecule has 0 aromatic heterocycles. The minimum absolute atomic E-state index is 1.04. The second-order valence-electron chi connectivity index (χ2n) is 6.32. The first-order valence-electron chi connectivity index (χ1n) is 8.25. The summed E-state index contributed by atoms with van der Waals surface area (Å²) in [5.74, 6) is 0. The van der Waals surface area contributed by atoms with Crippen LogP contribution in [-0.2, 0) is 0 Å². The number of likely N-dealkylation sites (tertiary alicyclic amines) is 1. The van der Waals surface area contributed by atoms with Crippen molar-refractivity contribution >= 4 is 17.8 Å². The van der Waals surface area contributed by atoms with Crippen molar-refractivity contribution < 1.29 is 4.58 Å². The zero-order chi connectivity index (χ0) is 13.8. The van der Waals surface area contributed by atoms with Gasteiger partial charge in [-0.3, -0.25) is 0 Å². The zero-order valence-corrected chi connectivity index (χ0v) is 13.2. The van der Waals surface area contributed by atoms with Crippen molar-refractivity contribution in [2.24, 2.45) is 0 Å². The van der Waals surface area contributed by atoms with Gasteiger partial charge in [0.15, 0.2) is 6.21 Å². The van der Waals surface area contributed by atoms with Crippen molar-refractivity contribution in [2.45, 2.75) is 51.4 Å². The van der Waals surface area contributed by atoms with E-state index in [2.05, 4.69) is 21.9 Å². The molecule has 0 unspecified atom stereocenters. The predicted octanol–water partition coefficient (Wildman–Crippen LogP) is 3.91. The maximum atomic E-state index is 6.74. The van der Waals surface area contributed by atoms with Crippen molar-refractivity contribution in [2.75, 3.05) is 26.2 Å². The molecule has 0 spiro atoms. The van der Waals surface area contributed by atoms with Gasteiger partial charge in [-0.05, 0) is 44.1 Å². The van der Waals surface area contributed by atoms with Crippen molar-refractivity contribution in [3.05, 3.63) is 22.4 Å². The van der Waals surface area contributed by atoms with Gasteiger partial charge in [-0.2, -0.15) is 0 Å². The maximum Gasteiger partial charge on any atom is 0.168 e. The molecule has 0 radical (unpaired) electrons. The Hall–Kier alpha value is -0.760. The van der Waals surface area contributed by atoms with E-state index in [1.165, 1.54) is 75.9 Å². The predicted molar refractivity (Wildman–Crippen MR) is 85.5 cm³/mol. The minimum Gasteiger partial charge on any atom is -0.377 e. The van der Waals surface area contributed by atoms with E-state index in [4.69, 9.17) is 11.6 Å². The first-order valence-corrected chi connectivity index (χ1v) is 8.63. The molecule has 20 heavy (non-hydrogen) atoms. The van der Waals surface area contributed by atoms with Crippen LogP contribution in [0.15, 0.2) is 22.4 Å². The summed E-state index contributed by atoms with van der Waals surface area (Å²) in [7, 11) is 0. The number of nitrogens with zero attached hydrogens (tertiary/aromatic N) is 2. The van der Waals surface area contributed by atoms with Crippen LogP contribution in [0.25, 0.3) is 0 Å². The summed E-state index contributed by atoms with van der Waals surface area (Å²) in [6, 6.07) is 0. The molecule has 0 aromatic carbocycles. The zero-order valence-electron chi connectivity index (χ0n) is 12.4. The summed E-state index contributed by atoms with van der Waals surface area (Å²) in [5.41, 5.74) is 2.74. The summed E-state index contributed by atoms with van der Waals surface area (Å²) in [5, 5.41) is 1.04. The van der Waals surface area contributed by atoms with Crippen molar-refractivity contribution in [1.82, 2.24) is 4.90 Å². The molecule has 0 saturated carbocycles. The van der Waals surface area contributed by atoms with E-state index in [9.17, 15) is 0 Å². The van der Waals surface area contributed by atoms with Crippen molar-refractivity contribution in [3.8, 4) is 0 Å². The van der Waals surface area contributed by atoms with Gasteiger partial charge in [-0.15, -0.1) is 0 Å². The van der Waals surface area contributed by atoms with E-state index in [1.807, 2.05) is 0 Å². The number of hydrogen-bond donors (Lipinski definition) is 0. The summed E-state index contributed by atoms with van der Waals surface area (Å²) in [6.45, 7) is 4.83. The summed E-state index contributed by atoms with van der Waals surface area (Å²) < 4.78 is 2.45. The highest BCUT2D eigenvalue weighted by atomic mass is 35.5. The van der Waals surface area contributed by atoms with Crippen LogP contribution in [-0.4, -0.2) is 41.9 Å². The smallest absolute Gasteiger partial charge is 0.168 e. The van der Waals surface area contributed by atoms with Crippen LogP contribution in [0.1, 0.15) is 51.4 Å². The topological polar surface area (TPSA) is 6.25 Å². The molecule has 0 atom stereocenters. The molecule has 0 N–H and O–H groups in total. The van der Waals surface area contributed by atoms with E-state index in [1.54, 1.807) is 0 Å². The first kappa shape index (κ1) is 14.2. The fourth-order valence-electron chi connectivity index (χ4n) is 3.48. The second-order valence-corrected chi connectivity index (χ2v) is 6.69. The van der Waals surface area contributed by atoms with E-state index >= 15 is 0 Å². The monoisotopic (exact) mass is 293 g/mol. The Kier molecular flexibility index (Phi) is 4.82. The molecule has 110 valence electrons. The third kappa shape index (κ3) is 3.46. The fourth-order valence-corrected chi connectivity index (χ4v) is 3.77. The lowest BCUT2D eigenvalue weighted by molar-refractivity contribution is -0.501. The van der Waals surface area contributed by atoms with Crippen LogP contribution >= 0.6 is 11.6 Å². The van der Waals surface area contributed by atoms with Crippen molar-refractivity contribution in [1.29, 1.82) is 0 Å². The van der Waals surface area contributed by atoms with Crippen LogP contribution < -0.4 is 0 Å². The molecule has 0 bridgehead atoms. The van der Waals surface area contributed by atoms with Gasteiger partial charge < -0.3 is 4.90 Å². The Bertz CT molecular complexity index is 434. The fraction of sp³-hybridized carbons (Fsp3) is 0.706. The van der Waals surface area contributed by atoms with E-state index < -0.39 is 0 Å². The third-order valence-electron chi connectivity index (χ3n) is 4.66. The highest BCUT2D eigenvalue weighted by Gasteiger charge is 2.19. The molecule has 0 amide bonds. The number of rotatable bonds is 2. The summed E-state index contributed by atoms with van der Waals surface area (Å²) in [6.07, 6.45) is 14.8. The van der Waals surface area contributed by atoms with Gasteiger partial charge in [0, 0.05) is 37.7 Å². The van der Waals surface area contributed by atoms with Gasteiger partial charge in [-0.1, -0.05) is 11.6 Å². The Morgan fingerprint density at radius 2 is 1.60 bits per heavy atom. The number of hydrogen-bond acceptors (Lipinski definition) is 1. The van der Waals surface area contributed by atoms with Gasteiger partial charge in [0.2, 0.25) is 0 Å². The standard InChI is InChI=1S/C17H26ClN2/c18-17-15(13-19-9-3-4-10-19)7-1-2-8-16(17)14-20-11-5-6-12-20/h13-14H,1-12H2/q+1. The molecular weight excluding hydrogens is 268 g/mol. The first-order chi connectivity index (χ1) is 9.83. The molecule has 2 saturated heterocycles. The van der Waals surface area contributed by atoms with Crippen LogP contribution in [0, 0.1) is 0 Å². The second kappa shape index (κ2) is 6.80. The van der Waals surface area contributed by atoms with Crippen LogP contribution in [0.5, 0.6) is 0 Å². The van der Waals surface area contributed by atoms with Crippen LogP contribution in [0.2, 0.25) is 0 Å². The highest BCUT2D eigenvalue weighted by molar-refractivity contribution is 6.33. The Morgan fingerprint density at radius 3 is 2.35 bits per heavy atom. The molecule has 3 heteroatoms. The Balaban J connectivity index is 1.83. The van der Waals surface area contributed by atoms with Crippen LogP contribution in [0.4, 0.5) is 0 Å². The van der Waals surface area contributed by atoms with Gasteiger partial charge in [-0.25, -0.2) is 4.58 Å². The van der Waals surface area contributed by atoms with Crippen molar-refractivity contribution in [3.63, 3.8) is 0 Å². The molecule has 3 aliphatic rings. The number of halogens is 1. The molecule has 0 aromatic rings. The van der Waals surface area contributed by atoms with Gasteiger partial charge in [0.05, 0.1) is 5.03 Å². The average Bonchev–Trinajstić information content (AvgIpc) is 3.10. The summed E-state index contributed by atoms with van der Waals surface area (Å²) in [4.78, 5) is 2.45. The highest BCUT2D eigenvalue weighted by Crippen LogP contribution is 2.31. The van der Waals surface area contributed by atoms with E-state index in [0.29, 0.717) is 0 Å². The number of allylic oxidation sites excluding steroid dienone is 3. The molecule has 2 fully saturated rings. The quantitative estimate of drug-likeness (QED) is 0.700. The van der Waals surface area contributed by atoms with Gasteiger partial charge in [0.1, 0.15) is 13.1 Å². The summed E-state index contributed by atoms with van der Waals surface area (Å²) >= 11 is 6.74. The van der Waals surface area contributed by atoms with Gasteiger partial charge in [0.25, 0.3) is 0 Å². The SMILES string of the molecule is ClC1=C(C=[N+]2CCCC2)CCCC/C1=C\N1CCCC1. The average molecular weight is 294 g/mol. The third-order valence-corrected chi connectivity index (χ3v) is 5.15. The normalized spacial score (nSPS) is 26.6. The Labute approximate surface area is 127 Å². The maximum absolute atomic E-state index is 6.74. The molecule has 2 heterocycles. The largest absolute Gasteiger partial charge is 0.377 e. The van der Waals surface area contributed by atoms with Gasteiger partial charge >= 0.3 is 0 Å². The Morgan fingerprint density at radius 1 is 0.900 bits per heavy atom. The lowest BCUT2D eigenvalue weighted by atomic mass is 10.1. The molecule has 3 rings (SSSR count). The molecule has 1 aliphatic carbocycles. The molecular formula is C17H26ClN2+.